The molecule has 2 atom stereocenters. The highest BCUT2D eigenvalue weighted by molar-refractivity contribution is 6.25. The van der Waals surface area contributed by atoms with Gasteiger partial charge < -0.3 is 30.7 Å². The number of aromatic nitrogens is 3. The third-order valence-electron chi connectivity index (χ3n) is 13.8. The Morgan fingerprint density at radius 1 is 0.754 bits per heavy atom. The number of piperazine rings is 1. The first-order valence-corrected chi connectivity index (χ1v) is 24.6. The number of hydrogen-bond donors (Lipinski definition) is 4. The molecule has 360 valence electrons. The summed E-state index contributed by atoms with van der Waals surface area (Å²) in [6.07, 6.45) is 13.6. The molecule has 0 radical (unpaired) electrons. The van der Waals surface area contributed by atoms with Gasteiger partial charge in [-0.05, 0) is 105 Å². The standard InChI is InChI=1S/C53H62N10O6/c54-50-47(32-44(58-59-50)41-14-7-8-17-46(41)64)69-40-13-11-27-62(35-40)39-22-20-38(21-23-39)61-30-28-60(29-31-61)26-9-5-3-1-2-4-6-12-36-18-19-37(55-33-36)34-56-43-16-10-15-42-49(43)53(68)63(52(42)67)45-24-25-48(65)57-51(45)66/h7-8,10,14-23,32-33,40,45,56,64H,1-6,9,11-13,24-31,34-35H2,(H2,54,59)(H,57,65,66). The number of nitrogens with one attached hydrogen (secondary N) is 2. The number of imide groups is 2. The highest BCUT2D eigenvalue weighted by Crippen LogP contribution is 2.34. The van der Waals surface area contributed by atoms with Crippen LogP contribution in [0.3, 0.4) is 0 Å². The number of aromatic hydroxyl groups is 1. The normalized spacial score (nSPS) is 18.6. The summed E-state index contributed by atoms with van der Waals surface area (Å²) in [5.41, 5.74) is 12.7. The molecule has 0 aliphatic carbocycles. The van der Waals surface area contributed by atoms with Crippen LogP contribution in [0.1, 0.15) is 103 Å². The zero-order valence-corrected chi connectivity index (χ0v) is 39.2. The second kappa shape index (κ2) is 21.9. The lowest BCUT2D eigenvalue weighted by atomic mass is 10.0. The molecule has 3 fully saturated rings. The van der Waals surface area contributed by atoms with Crippen molar-refractivity contribution in [3.8, 4) is 22.8 Å². The average Bonchev–Trinajstić information content (AvgIpc) is 3.62. The molecule has 3 saturated heterocycles. The minimum atomic E-state index is -1.00. The number of rotatable bonds is 19. The number of carbonyl (C=O) groups excluding carboxylic acids is 4. The summed E-state index contributed by atoms with van der Waals surface area (Å²) >= 11 is 0. The van der Waals surface area contributed by atoms with Crippen LogP contribution in [-0.2, 0) is 22.6 Å². The maximum Gasteiger partial charge on any atom is 0.264 e. The summed E-state index contributed by atoms with van der Waals surface area (Å²) in [5, 5.41) is 24.1. The molecule has 2 unspecified atom stereocenters. The molecular weight excluding hydrogens is 873 g/mol. The van der Waals surface area contributed by atoms with Crippen LogP contribution in [0.25, 0.3) is 11.3 Å². The number of fused-ring (bicyclic) bond motifs is 1. The minimum absolute atomic E-state index is 0.0462. The first-order valence-electron chi connectivity index (χ1n) is 24.6. The number of amides is 4. The van der Waals surface area contributed by atoms with E-state index in [4.69, 9.17) is 10.5 Å². The molecular formula is C53H62N10O6. The lowest BCUT2D eigenvalue weighted by Crippen LogP contribution is -2.54. The number of pyridine rings is 1. The molecule has 16 nitrogen and oxygen atoms in total. The minimum Gasteiger partial charge on any atom is -0.507 e. The largest absolute Gasteiger partial charge is 0.507 e. The van der Waals surface area contributed by atoms with Gasteiger partial charge in [-0.15, -0.1) is 10.2 Å². The van der Waals surface area contributed by atoms with Crippen molar-refractivity contribution in [1.82, 2.24) is 30.3 Å². The van der Waals surface area contributed by atoms with Crippen molar-refractivity contribution < 1.29 is 29.0 Å². The molecule has 0 saturated carbocycles. The second-order valence-electron chi connectivity index (χ2n) is 18.6. The number of benzene rings is 3. The topological polar surface area (TPSA) is 199 Å². The number of unbranched alkanes of at least 4 members (excludes halogenated alkanes) is 6. The van der Waals surface area contributed by atoms with Gasteiger partial charge in [0.1, 0.15) is 23.6 Å². The van der Waals surface area contributed by atoms with Gasteiger partial charge in [-0.2, -0.15) is 0 Å². The predicted molar refractivity (Wildman–Crippen MR) is 265 cm³/mol. The van der Waals surface area contributed by atoms with Crippen LogP contribution in [0.5, 0.6) is 11.5 Å². The number of nitrogen functional groups attached to an aromatic ring is 1. The Balaban J connectivity index is 0.624. The van der Waals surface area contributed by atoms with E-state index in [-0.39, 0.29) is 41.6 Å². The number of hydrogen-bond acceptors (Lipinski definition) is 14. The molecule has 5 N–H and O–H groups in total. The average molecular weight is 935 g/mol. The maximum atomic E-state index is 13.4. The number of para-hydroxylation sites is 1. The molecule has 9 rings (SSSR count). The molecule has 4 amide bonds. The van der Waals surface area contributed by atoms with Gasteiger partial charge in [0.05, 0.1) is 29.9 Å². The van der Waals surface area contributed by atoms with E-state index in [0.717, 1.165) is 82.1 Å². The fraction of sp³-hybridized carbons (Fsp3) is 0.415. The van der Waals surface area contributed by atoms with Gasteiger partial charge >= 0.3 is 0 Å². The Bertz CT molecular complexity index is 2620. The summed E-state index contributed by atoms with van der Waals surface area (Å²) in [5.74, 6) is -1.22. The zero-order chi connectivity index (χ0) is 47.7. The number of piperidine rings is 2. The molecule has 69 heavy (non-hydrogen) atoms. The fourth-order valence-electron chi connectivity index (χ4n) is 9.96. The Kier molecular flexibility index (Phi) is 14.9. The van der Waals surface area contributed by atoms with Gasteiger partial charge in [0.25, 0.3) is 11.8 Å². The van der Waals surface area contributed by atoms with Gasteiger partial charge in [0, 0.05) is 74.0 Å². The number of anilines is 4. The van der Waals surface area contributed by atoms with E-state index in [1.165, 1.54) is 55.5 Å². The summed E-state index contributed by atoms with van der Waals surface area (Å²) in [7, 11) is 0. The number of phenolic OH excluding ortho intramolecular Hbond substituents is 1. The quantitative estimate of drug-likeness (QED) is 0.0488. The van der Waals surface area contributed by atoms with E-state index in [9.17, 15) is 24.3 Å². The summed E-state index contributed by atoms with van der Waals surface area (Å²) in [6.45, 7) is 7.49. The van der Waals surface area contributed by atoms with E-state index in [2.05, 4.69) is 70.8 Å². The molecule has 2 aromatic heterocycles. The Hall–Kier alpha value is -7.07. The fourth-order valence-corrected chi connectivity index (χ4v) is 9.96. The van der Waals surface area contributed by atoms with Crippen LogP contribution >= 0.6 is 0 Å². The monoisotopic (exact) mass is 934 g/mol. The molecule has 3 aromatic carbocycles. The van der Waals surface area contributed by atoms with E-state index < -0.39 is 29.7 Å². The Morgan fingerprint density at radius 3 is 2.25 bits per heavy atom. The van der Waals surface area contributed by atoms with Gasteiger partial charge in [0.2, 0.25) is 11.8 Å². The summed E-state index contributed by atoms with van der Waals surface area (Å²) in [4.78, 5) is 63.8. The lowest BCUT2D eigenvalue weighted by Gasteiger charge is -2.37. The third-order valence-corrected chi connectivity index (χ3v) is 13.8. The molecule has 4 aliphatic rings. The summed E-state index contributed by atoms with van der Waals surface area (Å²) < 4.78 is 6.40. The van der Waals surface area contributed by atoms with Gasteiger partial charge in [-0.3, -0.25) is 39.3 Å². The molecule has 16 heteroatoms. The van der Waals surface area contributed by atoms with Crippen molar-refractivity contribution in [2.24, 2.45) is 0 Å². The van der Waals surface area contributed by atoms with Crippen LogP contribution in [0, 0.1) is 0 Å². The first-order chi connectivity index (χ1) is 33.7. The number of phenols is 1. The van der Waals surface area contributed by atoms with Crippen LogP contribution in [0.2, 0.25) is 0 Å². The highest BCUT2D eigenvalue weighted by Gasteiger charge is 2.45. The second-order valence-corrected chi connectivity index (χ2v) is 18.6. The zero-order valence-electron chi connectivity index (χ0n) is 39.2. The number of carbonyl (C=O) groups is 4. The van der Waals surface area contributed by atoms with Gasteiger partial charge in [0.15, 0.2) is 11.6 Å². The molecule has 5 aromatic rings. The summed E-state index contributed by atoms with van der Waals surface area (Å²) in [6, 6.07) is 25.9. The van der Waals surface area contributed by atoms with Crippen molar-refractivity contribution in [2.45, 2.75) is 95.7 Å². The van der Waals surface area contributed by atoms with E-state index in [1.807, 2.05) is 18.3 Å². The maximum absolute atomic E-state index is 13.4. The number of nitrogens with two attached hydrogens (primary N) is 1. The van der Waals surface area contributed by atoms with Gasteiger partial charge in [-0.25, -0.2) is 0 Å². The third kappa shape index (κ3) is 11.3. The van der Waals surface area contributed by atoms with Crippen LogP contribution in [-0.4, -0.2) is 112 Å². The van der Waals surface area contributed by atoms with E-state index >= 15 is 0 Å². The highest BCUT2D eigenvalue weighted by atomic mass is 16.5. The van der Waals surface area contributed by atoms with E-state index in [1.54, 1.807) is 42.5 Å². The molecule has 4 aliphatic heterocycles. The number of aryl methyl sites for hydroxylation is 1. The number of nitrogens with zero attached hydrogens (tertiary/aromatic N) is 7. The lowest BCUT2D eigenvalue weighted by molar-refractivity contribution is -0.136. The van der Waals surface area contributed by atoms with Crippen LogP contribution in [0.4, 0.5) is 22.9 Å². The molecule has 6 heterocycles. The predicted octanol–water partition coefficient (Wildman–Crippen LogP) is 6.98. The molecule has 0 spiro atoms. The Morgan fingerprint density at radius 2 is 1.49 bits per heavy atom. The van der Waals surface area contributed by atoms with Crippen molar-refractivity contribution in [1.29, 1.82) is 0 Å². The smallest absolute Gasteiger partial charge is 0.264 e. The van der Waals surface area contributed by atoms with Crippen LogP contribution in [0.15, 0.2) is 91.1 Å². The van der Waals surface area contributed by atoms with Crippen molar-refractivity contribution in [3.63, 3.8) is 0 Å². The SMILES string of the molecule is Nc1nnc(-c2ccccc2O)cc1OC1CCCN(c2ccc(N3CCN(CCCCCCCCCc4ccc(CNc5cccc6c5C(=O)N(C5CCC(=O)NC5=O)C6=O)nc4)CC3)cc2)C1. The van der Waals surface area contributed by atoms with Crippen molar-refractivity contribution in [2.75, 3.05) is 66.7 Å². The van der Waals surface area contributed by atoms with E-state index in [0.29, 0.717) is 29.2 Å². The Labute approximate surface area is 403 Å². The van der Waals surface area contributed by atoms with Crippen molar-refractivity contribution in [3.05, 3.63) is 114 Å². The first kappa shape index (κ1) is 47.0. The molecule has 0 bridgehead atoms. The van der Waals surface area contributed by atoms with Gasteiger partial charge in [-0.1, -0.05) is 56.4 Å². The van der Waals surface area contributed by atoms with Crippen molar-refractivity contribution >= 4 is 46.5 Å². The number of ether oxygens (including phenoxy) is 1. The van der Waals surface area contributed by atoms with Crippen LogP contribution < -0.4 is 30.9 Å².